The van der Waals surface area contributed by atoms with Crippen LogP contribution in [0.4, 0.5) is 0 Å². The predicted molar refractivity (Wildman–Crippen MR) is 245 cm³/mol. The van der Waals surface area contributed by atoms with E-state index in [1.807, 2.05) is 0 Å². The minimum atomic E-state index is -1.65. The molecule has 0 amide bonds. The molecule has 0 saturated carbocycles. The minimum absolute atomic E-state index is 1.38. The van der Waals surface area contributed by atoms with Crippen LogP contribution in [0.5, 0.6) is 0 Å². The van der Waals surface area contributed by atoms with Gasteiger partial charge < -0.3 is 0 Å². The maximum absolute atomic E-state index is 3.43. The Kier molecular flexibility index (Phi) is 11.0. The maximum Gasteiger partial charge on any atom is 0.0313 e. The molecule has 0 aliphatic carbocycles. The highest BCUT2D eigenvalue weighted by Crippen LogP contribution is 2.66. The van der Waals surface area contributed by atoms with E-state index in [2.05, 4.69) is 183 Å². The molecule has 1 rings (SSSR count). The van der Waals surface area contributed by atoms with Crippen molar-refractivity contribution >= 4 is 99.5 Å². The third-order valence-corrected chi connectivity index (χ3v) is 458. The molecule has 0 aromatic carbocycles. The van der Waals surface area contributed by atoms with E-state index in [0.717, 1.165) is 0 Å². The van der Waals surface area contributed by atoms with Gasteiger partial charge in [-0.15, -0.1) is 0 Å². The van der Waals surface area contributed by atoms with Gasteiger partial charge in [0.2, 0.25) is 0 Å². The van der Waals surface area contributed by atoms with Crippen LogP contribution in [0.25, 0.3) is 0 Å². The van der Waals surface area contributed by atoms with Gasteiger partial charge >= 0.3 is 0 Å². The molecular weight excluding hydrogens is 730 g/mol. The fraction of sp³-hybridized carbons (Fsp3) is 1.00. The van der Waals surface area contributed by atoms with Gasteiger partial charge in [-0.2, -0.15) is 0 Å². The smallest absolute Gasteiger partial charge is 0.0313 e. The number of rotatable bonds is 9. The first-order chi connectivity index (χ1) is 17.5. The summed E-state index contributed by atoms with van der Waals surface area (Å²) >= 11 is 0. The van der Waals surface area contributed by atoms with Crippen LogP contribution >= 0.6 is 0 Å². The second kappa shape index (κ2) is 10.8. The topological polar surface area (TPSA) is 0 Å². The van der Waals surface area contributed by atoms with Gasteiger partial charge in [0.1, 0.15) is 0 Å². The van der Waals surface area contributed by atoms with Gasteiger partial charge in [-0.05, 0) is 0 Å². The molecule has 0 spiro atoms. The van der Waals surface area contributed by atoms with Crippen LogP contribution in [0.1, 0.15) is 0 Å². The van der Waals surface area contributed by atoms with Gasteiger partial charge in [-0.3, -0.25) is 0 Å². The molecule has 0 aromatic heterocycles. The minimum Gasteiger partial charge on any atom is -0.0756 e. The lowest BCUT2D eigenvalue weighted by Gasteiger charge is -2.75. The highest BCUT2D eigenvalue weighted by atomic mass is 30.6. The van der Waals surface area contributed by atoms with Gasteiger partial charge in [0.25, 0.3) is 0 Å². The molecule has 1 saturated heterocycles. The van der Waals surface area contributed by atoms with Gasteiger partial charge in [0.05, 0.1) is 0 Å². The average molecular weight is 814 g/mol. The monoisotopic (exact) mass is 812 g/mol. The Morgan fingerprint density at radius 2 is 0.500 bits per heavy atom. The van der Waals surface area contributed by atoms with E-state index in [0.29, 0.717) is 0 Å². The zero-order valence-electron chi connectivity index (χ0n) is 35.0. The largest absolute Gasteiger partial charge is 0.0756 e. The van der Waals surface area contributed by atoms with Crippen LogP contribution in [0.15, 0.2) is 0 Å². The van der Waals surface area contributed by atoms with E-state index in [1.54, 1.807) is 0 Å². The van der Waals surface area contributed by atoms with Crippen molar-refractivity contribution in [2.24, 2.45) is 0 Å². The lowest BCUT2D eigenvalue weighted by molar-refractivity contribution is 1.73. The lowest BCUT2D eigenvalue weighted by Crippen LogP contribution is -3.06. The maximum atomic E-state index is 3.43. The molecule has 252 valence electrons. The molecule has 1 aliphatic heterocycles. The Morgan fingerprint density at radius 1 is 0.286 bits per heavy atom. The molecule has 0 nitrogen and oxygen atoms in total. The molecule has 0 N–H and O–H groups in total. The van der Waals surface area contributed by atoms with E-state index >= 15 is 0 Å². The second-order valence-electron chi connectivity index (χ2n) is 24.0. The standard InChI is InChI=1S/C28H84Si14/c1-29(2,3)40(30(4,5)6,31(7,8)9)36(22,23)39(28)37(24,25)41(32(10,11)12,33(13,14)15)38(26,27)42(39,34(16,17)18)35(19,20)21/h1-28H3. The summed E-state index contributed by atoms with van der Waals surface area (Å²) in [7, 11) is -14.6. The van der Waals surface area contributed by atoms with E-state index in [9.17, 15) is 0 Å². The molecule has 1 aliphatic rings. The molecular formula is C28H84Si14. The summed E-state index contributed by atoms with van der Waals surface area (Å²) in [4.78, 5) is 0. The number of hydrogen-bond donors (Lipinski definition) is 0. The average Bonchev–Trinajstić information content (AvgIpc) is 2.62. The van der Waals surface area contributed by atoms with Crippen molar-refractivity contribution in [3.63, 3.8) is 0 Å². The first-order valence-electron chi connectivity index (χ1n) is 17.5. The summed E-state index contributed by atoms with van der Waals surface area (Å²) in [5.74, 6) is 0. The molecule has 1 atom stereocenters. The van der Waals surface area contributed by atoms with Gasteiger partial charge in [-0.1, -0.05) is 183 Å². The zero-order chi connectivity index (χ0) is 35.0. The molecule has 0 bridgehead atoms. The second-order valence-corrected chi connectivity index (χ2v) is 198. The fourth-order valence-corrected chi connectivity index (χ4v) is 978. The summed E-state index contributed by atoms with van der Waals surface area (Å²) in [5, 5.41) is 0. The molecule has 1 unspecified atom stereocenters. The van der Waals surface area contributed by atoms with E-state index in [4.69, 9.17) is 0 Å². The summed E-state index contributed by atoms with van der Waals surface area (Å²) in [6, 6.07) is 0. The van der Waals surface area contributed by atoms with Gasteiger partial charge in [-0.25, -0.2) is 0 Å². The van der Waals surface area contributed by atoms with Crippen molar-refractivity contribution in [1.29, 1.82) is 0 Å². The van der Waals surface area contributed by atoms with Gasteiger partial charge in [0.15, 0.2) is 0 Å². The molecule has 42 heavy (non-hydrogen) atoms. The van der Waals surface area contributed by atoms with Crippen LogP contribution in [0.2, 0.25) is 183 Å². The van der Waals surface area contributed by atoms with Crippen molar-refractivity contribution in [2.45, 2.75) is 183 Å². The van der Waals surface area contributed by atoms with Crippen molar-refractivity contribution in [1.82, 2.24) is 0 Å². The Labute approximate surface area is 280 Å². The summed E-state index contributed by atoms with van der Waals surface area (Å²) in [6.45, 7) is 84.9. The molecule has 0 radical (unpaired) electrons. The van der Waals surface area contributed by atoms with E-state index < -0.39 is 99.5 Å². The predicted octanol–water partition coefficient (Wildman–Crippen LogP) is 11.0. The van der Waals surface area contributed by atoms with Crippen molar-refractivity contribution < 1.29 is 0 Å². The fourth-order valence-electron chi connectivity index (χ4n) is 19.7. The van der Waals surface area contributed by atoms with Crippen LogP contribution in [-0.2, 0) is 0 Å². The summed E-state index contributed by atoms with van der Waals surface area (Å²) in [6.07, 6.45) is -4.61. The SMILES string of the molecule is C[Si](C)(C)[Si]([Si](C)(C)C)([Si](C)(C)C)[Si](C)(C)[Si]1(C)[Si](C)(C)[Si]([Si](C)(C)C)([Si](C)(C)C)[Si](C)(C)[Si]1([Si](C)(C)C)[Si](C)(C)C. The Bertz CT molecular complexity index is 964. The van der Waals surface area contributed by atoms with Crippen LogP contribution in [0.3, 0.4) is 0 Å². The molecule has 0 aromatic rings. The first kappa shape index (κ1) is 43.1. The van der Waals surface area contributed by atoms with E-state index in [-0.39, 0.29) is 0 Å². The first-order valence-corrected chi connectivity index (χ1v) is 73.5. The Balaban J connectivity index is 5.26. The highest BCUT2D eigenvalue weighted by Gasteiger charge is 2.95. The summed E-state index contributed by atoms with van der Waals surface area (Å²) in [5.41, 5.74) is 0. The quantitative estimate of drug-likeness (QED) is 0.204. The highest BCUT2D eigenvalue weighted by molar-refractivity contribution is 8.46. The number of hydrogen-bond acceptors (Lipinski definition) is 0. The normalized spacial score (nSPS) is 26.0. The van der Waals surface area contributed by atoms with Crippen LogP contribution in [-0.4, -0.2) is 99.5 Å². The van der Waals surface area contributed by atoms with Crippen molar-refractivity contribution in [3.8, 4) is 0 Å². The Morgan fingerprint density at radius 3 is 0.667 bits per heavy atom. The summed E-state index contributed by atoms with van der Waals surface area (Å²) < 4.78 is 0. The van der Waals surface area contributed by atoms with Crippen LogP contribution < -0.4 is 0 Å². The van der Waals surface area contributed by atoms with E-state index in [1.165, 1.54) is 0 Å². The van der Waals surface area contributed by atoms with Crippen molar-refractivity contribution in [2.75, 3.05) is 0 Å². The zero-order valence-corrected chi connectivity index (χ0v) is 49.0. The molecule has 1 heterocycles. The van der Waals surface area contributed by atoms with Crippen molar-refractivity contribution in [3.05, 3.63) is 0 Å². The van der Waals surface area contributed by atoms with Crippen LogP contribution in [0, 0.1) is 0 Å². The Hall–Kier alpha value is 3.04. The third-order valence-electron chi connectivity index (χ3n) is 14.9. The molecule has 1 fully saturated rings. The lowest BCUT2D eigenvalue weighted by atomic mass is 11.8. The molecule has 14 heteroatoms. The third kappa shape index (κ3) is 4.57. The van der Waals surface area contributed by atoms with Gasteiger partial charge in [0, 0.05) is 99.5 Å².